The summed E-state index contributed by atoms with van der Waals surface area (Å²) >= 11 is 1.53. The van der Waals surface area contributed by atoms with E-state index in [1.807, 2.05) is 23.6 Å². The van der Waals surface area contributed by atoms with Gasteiger partial charge < -0.3 is 15.6 Å². The number of imidazole rings is 1. The SMILES string of the molecule is CCCCNC(=O)Nc1ccc2nc(-c3cscn3)[nH]c2c1. The van der Waals surface area contributed by atoms with Gasteiger partial charge in [0, 0.05) is 17.6 Å². The van der Waals surface area contributed by atoms with E-state index in [4.69, 9.17) is 0 Å². The van der Waals surface area contributed by atoms with Crippen molar-refractivity contribution in [3.05, 3.63) is 29.1 Å². The highest BCUT2D eigenvalue weighted by atomic mass is 32.1. The van der Waals surface area contributed by atoms with Crippen LogP contribution in [-0.2, 0) is 0 Å². The average molecular weight is 315 g/mol. The van der Waals surface area contributed by atoms with E-state index in [9.17, 15) is 4.79 Å². The van der Waals surface area contributed by atoms with Crippen LogP contribution in [0.2, 0.25) is 0 Å². The molecule has 0 radical (unpaired) electrons. The van der Waals surface area contributed by atoms with Crippen molar-refractivity contribution in [2.45, 2.75) is 19.8 Å². The third-order valence-electron chi connectivity index (χ3n) is 3.23. The molecule has 7 heteroatoms. The van der Waals surface area contributed by atoms with Gasteiger partial charge in [0.2, 0.25) is 0 Å². The van der Waals surface area contributed by atoms with Crippen LogP contribution in [0.4, 0.5) is 10.5 Å². The van der Waals surface area contributed by atoms with Crippen molar-refractivity contribution in [2.24, 2.45) is 0 Å². The molecule has 114 valence electrons. The van der Waals surface area contributed by atoms with E-state index >= 15 is 0 Å². The first kappa shape index (κ1) is 14.5. The lowest BCUT2D eigenvalue weighted by Gasteiger charge is -2.06. The molecule has 0 aliphatic carbocycles. The number of urea groups is 1. The number of nitrogens with zero attached hydrogens (tertiary/aromatic N) is 2. The van der Waals surface area contributed by atoms with Crippen molar-refractivity contribution in [2.75, 3.05) is 11.9 Å². The molecular formula is C15H17N5OS. The second-order valence-corrected chi connectivity index (χ2v) is 5.64. The van der Waals surface area contributed by atoms with E-state index in [-0.39, 0.29) is 6.03 Å². The Bertz CT molecular complexity index is 765. The molecule has 2 heterocycles. The number of carbonyl (C=O) groups is 1. The van der Waals surface area contributed by atoms with Gasteiger partial charge >= 0.3 is 6.03 Å². The normalized spacial score (nSPS) is 10.8. The Hall–Kier alpha value is -2.41. The standard InChI is InChI=1S/C15H17N5OS/c1-2-3-6-16-15(21)18-10-4-5-11-12(7-10)20-14(19-11)13-8-22-9-17-13/h4-5,7-9H,2-3,6H2,1H3,(H,19,20)(H2,16,18,21). The summed E-state index contributed by atoms with van der Waals surface area (Å²) < 4.78 is 0. The minimum Gasteiger partial charge on any atom is -0.338 e. The number of H-pyrrole nitrogens is 1. The molecule has 0 saturated heterocycles. The summed E-state index contributed by atoms with van der Waals surface area (Å²) in [6, 6.07) is 5.40. The summed E-state index contributed by atoms with van der Waals surface area (Å²) in [5.74, 6) is 0.737. The number of hydrogen-bond acceptors (Lipinski definition) is 4. The molecular weight excluding hydrogens is 298 g/mol. The molecule has 22 heavy (non-hydrogen) atoms. The molecule has 0 fully saturated rings. The number of thiazole rings is 1. The number of hydrogen-bond donors (Lipinski definition) is 3. The van der Waals surface area contributed by atoms with Crippen LogP contribution in [0.1, 0.15) is 19.8 Å². The van der Waals surface area contributed by atoms with E-state index < -0.39 is 0 Å². The highest BCUT2D eigenvalue weighted by molar-refractivity contribution is 7.07. The summed E-state index contributed by atoms with van der Waals surface area (Å²) in [6.45, 7) is 2.77. The first-order chi connectivity index (χ1) is 10.8. The minimum atomic E-state index is -0.188. The fourth-order valence-corrected chi connectivity index (χ4v) is 2.63. The lowest BCUT2D eigenvalue weighted by atomic mass is 10.3. The van der Waals surface area contributed by atoms with Crippen molar-refractivity contribution >= 4 is 34.1 Å². The monoisotopic (exact) mass is 315 g/mol. The maximum absolute atomic E-state index is 11.8. The second kappa shape index (κ2) is 6.57. The van der Waals surface area contributed by atoms with Crippen LogP contribution in [0.3, 0.4) is 0 Å². The van der Waals surface area contributed by atoms with Crippen molar-refractivity contribution in [1.29, 1.82) is 0 Å². The number of carbonyl (C=O) groups excluding carboxylic acids is 1. The average Bonchev–Trinajstić information content (AvgIpc) is 3.16. The van der Waals surface area contributed by atoms with E-state index in [0.717, 1.165) is 41.1 Å². The van der Waals surface area contributed by atoms with Crippen molar-refractivity contribution in [3.63, 3.8) is 0 Å². The third-order valence-corrected chi connectivity index (χ3v) is 3.82. The van der Waals surface area contributed by atoms with Gasteiger partial charge in [-0.3, -0.25) is 0 Å². The Morgan fingerprint density at radius 2 is 2.32 bits per heavy atom. The van der Waals surface area contributed by atoms with Crippen molar-refractivity contribution in [3.8, 4) is 11.5 Å². The molecule has 0 unspecified atom stereocenters. The zero-order valence-corrected chi connectivity index (χ0v) is 13.0. The summed E-state index contributed by atoms with van der Waals surface area (Å²) in [4.78, 5) is 23.7. The molecule has 2 aromatic heterocycles. The summed E-state index contributed by atoms with van der Waals surface area (Å²) in [5.41, 5.74) is 5.05. The van der Waals surface area contributed by atoms with Crippen molar-refractivity contribution < 1.29 is 4.79 Å². The molecule has 3 aromatic rings. The highest BCUT2D eigenvalue weighted by Crippen LogP contribution is 2.22. The summed E-state index contributed by atoms with van der Waals surface area (Å²) in [7, 11) is 0. The third kappa shape index (κ3) is 3.25. The molecule has 2 amide bonds. The molecule has 0 aliphatic heterocycles. The summed E-state index contributed by atoms with van der Waals surface area (Å²) in [6.07, 6.45) is 2.03. The van der Waals surface area contributed by atoms with Gasteiger partial charge in [0.25, 0.3) is 0 Å². The van der Waals surface area contributed by atoms with E-state index in [1.54, 1.807) is 5.51 Å². The lowest BCUT2D eigenvalue weighted by Crippen LogP contribution is -2.29. The molecule has 0 saturated carbocycles. The van der Waals surface area contributed by atoms with Gasteiger partial charge in [0.15, 0.2) is 5.82 Å². The van der Waals surface area contributed by atoms with Crippen LogP contribution < -0.4 is 10.6 Å². The smallest absolute Gasteiger partial charge is 0.319 e. The quantitative estimate of drug-likeness (QED) is 0.629. The predicted molar refractivity (Wildman–Crippen MR) is 89.1 cm³/mol. The largest absolute Gasteiger partial charge is 0.338 e. The van der Waals surface area contributed by atoms with Gasteiger partial charge in [0.1, 0.15) is 5.69 Å². The Balaban J connectivity index is 1.74. The van der Waals surface area contributed by atoms with Gasteiger partial charge in [-0.1, -0.05) is 13.3 Å². The van der Waals surface area contributed by atoms with Gasteiger partial charge in [-0.15, -0.1) is 11.3 Å². The van der Waals surface area contributed by atoms with Crippen LogP contribution in [0.5, 0.6) is 0 Å². The first-order valence-electron chi connectivity index (χ1n) is 7.19. The second-order valence-electron chi connectivity index (χ2n) is 4.93. The fourth-order valence-electron chi connectivity index (χ4n) is 2.09. The van der Waals surface area contributed by atoms with Crippen LogP contribution in [0, 0.1) is 0 Å². The van der Waals surface area contributed by atoms with Gasteiger partial charge in [-0.25, -0.2) is 14.8 Å². The molecule has 6 nitrogen and oxygen atoms in total. The molecule has 0 spiro atoms. The first-order valence-corrected chi connectivity index (χ1v) is 8.13. The number of nitrogens with one attached hydrogen (secondary N) is 3. The van der Waals surface area contributed by atoms with Crippen molar-refractivity contribution in [1.82, 2.24) is 20.3 Å². The zero-order chi connectivity index (χ0) is 15.4. The van der Waals surface area contributed by atoms with E-state index in [1.165, 1.54) is 11.3 Å². The Kier molecular flexibility index (Phi) is 4.34. The number of unbranched alkanes of at least 4 members (excludes halogenated alkanes) is 1. The maximum atomic E-state index is 11.8. The number of fused-ring (bicyclic) bond motifs is 1. The topological polar surface area (TPSA) is 82.7 Å². The van der Waals surface area contributed by atoms with Gasteiger partial charge in [0.05, 0.1) is 16.5 Å². The lowest BCUT2D eigenvalue weighted by molar-refractivity contribution is 0.252. The molecule has 0 aliphatic rings. The number of aromatic nitrogens is 3. The maximum Gasteiger partial charge on any atom is 0.319 e. The van der Waals surface area contributed by atoms with Crippen LogP contribution in [-0.4, -0.2) is 27.5 Å². The van der Waals surface area contributed by atoms with E-state index in [0.29, 0.717) is 6.54 Å². The number of amides is 2. The highest BCUT2D eigenvalue weighted by Gasteiger charge is 2.08. The molecule has 3 N–H and O–H groups in total. The predicted octanol–water partition coefficient (Wildman–Crippen LogP) is 3.61. The molecule has 0 bridgehead atoms. The van der Waals surface area contributed by atoms with Gasteiger partial charge in [-0.05, 0) is 24.6 Å². The molecule has 0 atom stereocenters. The number of aromatic amines is 1. The van der Waals surface area contributed by atoms with E-state index in [2.05, 4.69) is 32.5 Å². The molecule has 1 aromatic carbocycles. The number of rotatable bonds is 5. The fraction of sp³-hybridized carbons (Fsp3) is 0.267. The Morgan fingerprint density at radius 3 is 3.09 bits per heavy atom. The minimum absolute atomic E-state index is 0.188. The molecule has 3 rings (SSSR count). The Morgan fingerprint density at radius 1 is 1.41 bits per heavy atom. The number of anilines is 1. The number of benzene rings is 1. The van der Waals surface area contributed by atoms with Gasteiger partial charge in [-0.2, -0.15) is 0 Å². The van der Waals surface area contributed by atoms with Crippen LogP contribution >= 0.6 is 11.3 Å². The zero-order valence-electron chi connectivity index (χ0n) is 12.2. The van der Waals surface area contributed by atoms with Crippen LogP contribution in [0.25, 0.3) is 22.6 Å². The van der Waals surface area contributed by atoms with Crippen LogP contribution in [0.15, 0.2) is 29.1 Å². The summed E-state index contributed by atoms with van der Waals surface area (Å²) in [5, 5.41) is 7.59. The Labute approximate surface area is 132 Å².